The lowest BCUT2D eigenvalue weighted by molar-refractivity contribution is -0.139. The molecule has 1 saturated carbocycles. The summed E-state index contributed by atoms with van der Waals surface area (Å²) in [4.78, 5) is 22.6. The van der Waals surface area contributed by atoms with Crippen molar-refractivity contribution in [3.05, 3.63) is 18.5 Å². The van der Waals surface area contributed by atoms with Crippen molar-refractivity contribution >= 4 is 5.91 Å². The third-order valence-corrected chi connectivity index (χ3v) is 5.04. The predicted molar refractivity (Wildman–Crippen MR) is 82.9 cm³/mol. The summed E-state index contributed by atoms with van der Waals surface area (Å²) in [5.74, 6) is 0.933. The zero-order chi connectivity index (χ0) is 15.7. The van der Waals surface area contributed by atoms with Gasteiger partial charge in [0, 0.05) is 38.3 Å². The Hall–Kier alpha value is -1.69. The lowest BCUT2D eigenvalue weighted by atomic mass is 9.89. The molecule has 2 saturated heterocycles. The Kier molecular flexibility index (Phi) is 3.93. The van der Waals surface area contributed by atoms with Gasteiger partial charge < -0.3 is 14.4 Å². The monoisotopic (exact) mass is 317 g/mol. The van der Waals surface area contributed by atoms with Crippen LogP contribution in [0.2, 0.25) is 0 Å². The highest BCUT2D eigenvalue weighted by atomic mass is 16.6. The van der Waals surface area contributed by atoms with Crippen molar-refractivity contribution in [1.82, 2.24) is 14.9 Å². The SMILES string of the molecule is O=C(CC1CC1)N1CCC[C@]2(C[C@@H](Oc3ncccn3)CO2)C1. The summed E-state index contributed by atoms with van der Waals surface area (Å²) in [5, 5.41) is 0. The first-order valence-corrected chi connectivity index (χ1v) is 8.58. The van der Waals surface area contributed by atoms with E-state index in [2.05, 4.69) is 9.97 Å². The minimum atomic E-state index is -0.239. The fourth-order valence-electron chi connectivity index (χ4n) is 3.67. The summed E-state index contributed by atoms with van der Waals surface area (Å²) in [5.41, 5.74) is -0.239. The molecule has 124 valence electrons. The molecule has 6 heteroatoms. The standard InChI is InChI=1S/C17H23N3O3/c21-15(9-13-3-4-13)20-8-1-5-17(12-20)10-14(11-22-17)23-16-18-6-2-7-19-16/h2,6-7,13-14H,1,3-5,8-12H2/t14-,17+/m1/s1. The van der Waals surface area contributed by atoms with E-state index in [1.165, 1.54) is 12.8 Å². The average Bonchev–Trinajstić information content (AvgIpc) is 3.31. The third kappa shape index (κ3) is 3.47. The zero-order valence-corrected chi connectivity index (χ0v) is 13.3. The van der Waals surface area contributed by atoms with Gasteiger partial charge in [0.15, 0.2) is 0 Å². The number of hydrogen-bond donors (Lipinski definition) is 0. The maximum Gasteiger partial charge on any atom is 0.316 e. The molecule has 1 spiro atoms. The molecule has 1 amide bonds. The van der Waals surface area contributed by atoms with E-state index < -0.39 is 0 Å². The molecule has 1 aliphatic carbocycles. The molecule has 3 aliphatic rings. The molecule has 0 aromatic carbocycles. The Morgan fingerprint density at radius 3 is 3.00 bits per heavy atom. The predicted octanol–water partition coefficient (Wildman–Crippen LogP) is 1.81. The average molecular weight is 317 g/mol. The number of nitrogens with zero attached hydrogens (tertiary/aromatic N) is 3. The van der Waals surface area contributed by atoms with Gasteiger partial charge in [0.1, 0.15) is 6.10 Å². The molecule has 2 aliphatic heterocycles. The second-order valence-electron chi connectivity index (χ2n) is 7.04. The summed E-state index contributed by atoms with van der Waals surface area (Å²) in [6.07, 6.45) is 9.27. The van der Waals surface area contributed by atoms with Crippen LogP contribution in [0.3, 0.4) is 0 Å². The van der Waals surface area contributed by atoms with Crippen LogP contribution in [0, 0.1) is 5.92 Å². The first-order valence-electron chi connectivity index (χ1n) is 8.58. The number of likely N-dealkylation sites (tertiary alicyclic amines) is 1. The maximum absolute atomic E-state index is 12.4. The number of carbonyl (C=O) groups is 1. The van der Waals surface area contributed by atoms with E-state index in [4.69, 9.17) is 9.47 Å². The topological polar surface area (TPSA) is 64.6 Å². The van der Waals surface area contributed by atoms with Gasteiger partial charge in [-0.05, 0) is 37.7 Å². The van der Waals surface area contributed by atoms with Crippen molar-refractivity contribution in [2.45, 2.75) is 50.2 Å². The molecule has 0 N–H and O–H groups in total. The van der Waals surface area contributed by atoms with Crippen LogP contribution < -0.4 is 4.74 Å². The largest absolute Gasteiger partial charge is 0.458 e. The van der Waals surface area contributed by atoms with Gasteiger partial charge in [-0.15, -0.1) is 0 Å². The number of carbonyl (C=O) groups excluding carboxylic acids is 1. The smallest absolute Gasteiger partial charge is 0.316 e. The van der Waals surface area contributed by atoms with Crippen molar-refractivity contribution in [2.75, 3.05) is 19.7 Å². The number of ether oxygens (including phenoxy) is 2. The first-order chi connectivity index (χ1) is 11.2. The van der Waals surface area contributed by atoms with Crippen LogP contribution in [0.4, 0.5) is 0 Å². The molecule has 3 heterocycles. The van der Waals surface area contributed by atoms with Crippen molar-refractivity contribution in [3.63, 3.8) is 0 Å². The minimum Gasteiger partial charge on any atom is -0.458 e. The van der Waals surface area contributed by atoms with E-state index in [1.807, 2.05) is 4.90 Å². The van der Waals surface area contributed by atoms with E-state index in [9.17, 15) is 4.79 Å². The Bertz CT molecular complexity index is 563. The Labute approximate surface area is 136 Å². The number of rotatable bonds is 4. The second-order valence-corrected chi connectivity index (χ2v) is 7.04. The molecular weight excluding hydrogens is 294 g/mol. The van der Waals surface area contributed by atoms with Crippen LogP contribution in [0.25, 0.3) is 0 Å². The van der Waals surface area contributed by atoms with Crippen molar-refractivity contribution in [2.24, 2.45) is 5.92 Å². The molecule has 6 nitrogen and oxygen atoms in total. The Morgan fingerprint density at radius 2 is 2.22 bits per heavy atom. The number of amides is 1. The summed E-state index contributed by atoms with van der Waals surface area (Å²) in [7, 11) is 0. The molecule has 2 atom stereocenters. The molecule has 4 rings (SSSR count). The molecule has 3 fully saturated rings. The molecule has 0 bridgehead atoms. The molecular formula is C17H23N3O3. The lowest BCUT2D eigenvalue weighted by Crippen LogP contribution is -2.50. The van der Waals surface area contributed by atoms with Crippen LogP contribution in [-0.4, -0.2) is 52.2 Å². The summed E-state index contributed by atoms with van der Waals surface area (Å²) < 4.78 is 11.9. The van der Waals surface area contributed by atoms with Crippen LogP contribution >= 0.6 is 0 Å². The first kappa shape index (κ1) is 14.9. The van der Waals surface area contributed by atoms with Crippen LogP contribution in [0.5, 0.6) is 6.01 Å². The molecule has 1 aromatic heterocycles. The fourth-order valence-corrected chi connectivity index (χ4v) is 3.67. The normalized spacial score (nSPS) is 30.6. The summed E-state index contributed by atoms with van der Waals surface area (Å²) >= 11 is 0. The van der Waals surface area contributed by atoms with Gasteiger partial charge in [0.2, 0.25) is 5.91 Å². The molecule has 0 radical (unpaired) electrons. The van der Waals surface area contributed by atoms with E-state index >= 15 is 0 Å². The van der Waals surface area contributed by atoms with E-state index in [-0.39, 0.29) is 11.7 Å². The van der Waals surface area contributed by atoms with E-state index in [1.54, 1.807) is 18.5 Å². The molecule has 0 unspecified atom stereocenters. The maximum atomic E-state index is 12.4. The van der Waals surface area contributed by atoms with Crippen molar-refractivity contribution < 1.29 is 14.3 Å². The fraction of sp³-hybridized carbons (Fsp3) is 0.706. The van der Waals surface area contributed by atoms with Gasteiger partial charge in [-0.2, -0.15) is 0 Å². The van der Waals surface area contributed by atoms with Crippen molar-refractivity contribution in [1.29, 1.82) is 0 Å². The van der Waals surface area contributed by atoms with E-state index in [0.717, 1.165) is 25.8 Å². The molecule has 1 aromatic rings. The van der Waals surface area contributed by atoms with Gasteiger partial charge >= 0.3 is 6.01 Å². The van der Waals surface area contributed by atoms with Crippen molar-refractivity contribution in [3.8, 4) is 6.01 Å². The second kappa shape index (κ2) is 6.07. The Morgan fingerprint density at radius 1 is 1.39 bits per heavy atom. The van der Waals surface area contributed by atoms with Gasteiger partial charge in [-0.1, -0.05) is 0 Å². The number of piperidine rings is 1. The van der Waals surface area contributed by atoms with Gasteiger partial charge in [-0.25, -0.2) is 9.97 Å². The van der Waals surface area contributed by atoms with Gasteiger partial charge in [-0.3, -0.25) is 4.79 Å². The third-order valence-electron chi connectivity index (χ3n) is 5.04. The van der Waals surface area contributed by atoms with Gasteiger partial charge in [0.25, 0.3) is 0 Å². The Balaban J connectivity index is 1.35. The minimum absolute atomic E-state index is 0.0316. The lowest BCUT2D eigenvalue weighted by Gasteiger charge is -2.39. The molecule has 23 heavy (non-hydrogen) atoms. The number of hydrogen-bond acceptors (Lipinski definition) is 5. The van der Waals surface area contributed by atoms with Crippen LogP contribution in [-0.2, 0) is 9.53 Å². The highest BCUT2D eigenvalue weighted by Gasteiger charge is 2.45. The van der Waals surface area contributed by atoms with Crippen LogP contribution in [0.15, 0.2) is 18.5 Å². The quantitative estimate of drug-likeness (QED) is 0.847. The van der Waals surface area contributed by atoms with Gasteiger partial charge in [0.05, 0.1) is 12.2 Å². The summed E-state index contributed by atoms with van der Waals surface area (Å²) in [6, 6.07) is 2.17. The van der Waals surface area contributed by atoms with Crippen LogP contribution in [0.1, 0.15) is 38.5 Å². The highest BCUT2D eigenvalue weighted by molar-refractivity contribution is 5.77. The number of aromatic nitrogens is 2. The van der Waals surface area contributed by atoms with E-state index in [0.29, 0.717) is 37.4 Å². The summed E-state index contributed by atoms with van der Waals surface area (Å²) in [6.45, 7) is 2.11. The zero-order valence-electron chi connectivity index (χ0n) is 13.3. The highest BCUT2D eigenvalue weighted by Crippen LogP contribution is 2.37.